The van der Waals surface area contributed by atoms with Crippen molar-refractivity contribution in [3.05, 3.63) is 64.7 Å². The Morgan fingerprint density at radius 3 is 2.78 bits per heavy atom. The minimum Gasteiger partial charge on any atom is -0.493 e. The third kappa shape index (κ3) is 4.86. The number of carbonyl (C=O) groups is 1. The molecule has 0 fully saturated rings. The highest BCUT2D eigenvalue weighted by molar-refractivity contribution is 6.31. The molecule has 0 saturated heterocycles. The van der Waals surface area contributed by atoms with Crippen LogP contribution in [-0.4, -0.2) is 12.5 Å². The van der Waals surface area contributed by atoms with Gasteiger partial charge in [0, 0.05) is 22.3 Å². The molecular formula is C19H20ClNO2. The van der Waals surface area contributed by atoms with Gasteiger partial charge in [-0.25, -0.2) is 0 Å². The Bertz CT molecular complexity index is 710. The first-order valence-corrected chi connectivity index (χ1v) is 7.95. The van der Waals surface area contributed by atoms with E-state index in [0.717, 1.165) is 23.3 Å². The van der Waals surface area contributed by atoms with Crippen molar-refractivity contribution in [3.8, 4) is 5.75 Å². The topological polar surface area (TPSA) is 38.3 Å². The summed E-state index contributed by atoms with van der Waals surface area (Å²) in [6.45, 7) is 4.58. The maximum Gasteiger partial charge on any atom is 0.248 e. The van der Waals surface area contributed by atoms with Crippen molar-refractivity contribution in [1.82, 2.24) is 0 Å². The highest BCUT2D eigenvalue weighted by Gasteiger charge is 2.05. The second-order valence-electron chi connectivity index (χ2n) is 5.12. The van der Waals surface area contributed by atoms with Gasteiger partial charge in [0.15, 0.2) is 0 Å². The fourth-order valence-corrected chi connectivity index (χ4v) is 2.22. The third-order valence-electron chi connectivity index (χ3n) is 3.32. The number of rotatable bonds is 6. The molecule has 4 heteroatoms. The SMILES string of the molecule is CCCOc1ccccc1/C=C/C(=O)Nc1cccc(Cl)c1C. The maximum atomic E-state index is 12.1. The number of halogens is 1. The van der Waals surface area contributed by atoms with Crippen LogP contribution >= 0.6 is 11.6 Å². The van der Waals surface area contributed by atoms with Crippen LogP contribution in [0, 0.1) is 6.92 Å². The van der Waals surface area contributed by atoms with Crippen LogP contribution in [0.2, 0.25) is 5.02 Å². The fourth-order valence-electron chi connectivity index (χ4n) is 2.04. The van der Waals surface area contributed by atoms with Crippen LogP contribution in [0.15, 0.2) is 48.5 Å². The summed E-state index contributed by atoms with van der Waals surface area (Å²) in [7, 11) is 0. The monoisotopic (exact) mass is 329 g/mol. The molecular weight excluding hydrogens is 310 g/mol. The zero-order chi connectivity index (χ0) is 16.7. The zero-order valence-corrected chi connectivity index (χ0v) is 14.1. The summed E-state index contributed by atoms with van der Waals surface area (Å²) >= 11 is 6.05. The number of hydrogen-bond donors (Lipinski definition) is 1. The molecule has 0 saturated carbocycles. The van der Waals surface area contributed by atoms with Gasteiger partial charge in [0.1, 0.15) is 5.75 Å². The molecule has 0 aliphatic rings. The molecule has 0 atom stereocenters. The van der Waals surface area contributed by atoms with Gasteiger partial charge in [0.05, 0.1) is 6.61 Å². The Hall–Kier alpha value is -2.26. The molecule has 3 nitrogen and oxygen atoms in total. The Morgan fingerprint density at radius 2 is 2.00 bits per heavy atom. The summed E-state index contributed by atoms with van der Waals surface area (Å²) in [5, 5.41) is 3.46. The number of hydrogen-bond acceptors (Lipinski definition) is 2. The van der Waals surface area contributed by atoms with E-state index in [0.29, 0.717) is 17.3 Å². The number of carbonyl (C=O) groups excluding carboxylic acids is 1. The minimum atomic E-state index is -0.208. The summed E-state index contributed by atoms with van der Waals surface area (Å²) in [6.07, 6.45) is 4.18. The molecule has 1 N–H and O–H groups in total. The Balaban J connectivity index is 2.08. The van der Waals surface area contributed by atoms with E-state index in [1.54, 1.807) is 12.1 Å². The third-order valence-corrected chi connectivity index (χ3v) is 3.73. The van der Waals surface area contributed by atoms with E-state index in [-0.39, 0.29) is 5.91 Å². The molecule has 2 aromatic carbocycles. The van der Waals surface area contributed by atoms with Crippen LogP contribution < -0.4 is 10.1 Å². The predicted molar refractivity (Wildman–Crippen MR) is 96.1 cm³/mol. The molecule has 23 heavy (non-hydrogen) atoms. The molecule has 0 heterocycles. The number of anilines is 1. The molecule has 0 aliphatic carbocycles. The van der Waals surface area contributed by atoms with E-state index in [1.807, 2.05) is 43.3 Å². The Kier molecular flexibility index (Phi) is 6.24. The smallest absolute Gasteiger partial charge is 0.248 e. The average molecular weight is 330 g/mol. The Labute approximate surface area is 141 Å². The molecule has 0 spiro atoms. The van der Waals surface area contributed by atoms with Crippen LogP contribution in [0.3, 0.4) is 0 Å². The second kappa shape index (κ2) is 8.39. The summed E-state index contributed by atoms with van der Waals surface area (Å²) in [6, 6.07) is 13.1. The van der Waals surface area contributed by atoms with Crippen LogP contribution in [-0.2, 0) is 4.79 Å². The molecule has 1 amide bonds. The first kappa shape index (κ1) is 17.1. The summed E-state index contributed by atoms with van der Waals surface area (Å²) in [5.74, 6) is 0.568. The number of para-hydroxylation sites is 1. The molecule has 0 bridgehead atoms. The van der Waals surface area contributed by atoms with E-state index in [4.69, 9.17) is 16.3 Å². The van der Waals surface area contributed by atoms with Crippen LogP contribution in [0.5, 0.6) is 5.75 Å². The molecule has 0 aliphatic heterocycles. The van der Waals surface area contributed by atoms with Gasteiger partial charge >= 0.3 is 0 Å². The van der Waals surface area contributed by atoms with Gasteiger partial charge in [-0.15, -0.1) is 0 Å². The largest absolute Gasteiger partial charge is 0.493 e. The van der Waals surface area contributed by atoms with Crippen LogP contribution in [0.25, 0.3) is 6.08 Å². The molecule has 0 unspecified atom stereocenters. The minimum absolute atomic E-state index is 0.208. The molecule has 2 aromatic rings. The lowest BCUT2D eigenvalue weighted by Crippen LogP contribution is -2.09. The standard InChI is InChI=1S/C19H20ClNO2/c1-3-13-23-18-10-5-4-7-15(18)11-12-19(22)21-17-9-6-8-16(20)14(17)2/h4-12H,3,13H2,1-2H3,(H,21,22)/b12-11+. The van der Waals surface area contributed by atoms with Crippen molar-refractivity contribution in [2.75, 3.05) is 11.9 Å². The predicted octanol–water partition coefficient (Wildman–Crippen LogP) is 5.09. The first-order valence-electron chi connectivity index (χ1n) is 7.58. The maximum absolute atomic E-state index is 12.1. The van der Waals surface area contributed by atoms with Crippen molar-refractivity contribution in [2.45, 2.75) is 20.3 Å². The van der Waals surface area contributed by atoms with E-state index in [1.165, 1.54) is 6.08 Å². The first-order chi connectivity index (χ1) is 11.1. The lowest BCUT2D eigenvalue weighted by Gasteiger charge is -2.08. The van der Waals surface area contributed by atoms with Gasteiger partial charge in [0.2, 0.25) is 5.91 Å². The van der Waals surface area contributed by atoms with Gasteiger partial charge in [-0.2, -0.15) is 0 Å². The Morgan fingerprint density at radius 1 is 1.22 bits per heavy atom. The lowest BCUT2D eigenvalue weighted by molar-refractivity contribution is -0.111. The van der Waals surface area contributed by atoms with E-state index in [2.05, 4.69) is 12.2 Å². The van der Waals surface area contributed by atoms with E-state index < -0.39 is 0 Å². The highest BCUT2D eigenvalue weighted by Crippen LogP contribution is 2.23. The average Bonchev–Trinajstić information content (AvgIpc) is 2.56. The van der Waals surface area contributed by atoms with Gasteiger partial charge in [0.25, 0.3) is 0 Å². The highest BCUT2D eigenvalue weighted by atomic mass is 35.5. The molecule has 2 rings (SSSR count). The van der Waals surface area contributed by atoms with Crippen LogP contribution in [0.1, 0.15) is 24.5 Å². The number of amides is 1. The second-order valence-corrected chi connectivity index (χ2v) is 5.53. The van der Waals surface area contributed by atoms with Gasteiger partial charge < -0.3 is 10.1 Å². The van der Waals surface area contributed by atoms with Crippen LogP contribution in [0.4, 0.5) is 5.69 Å². The van der Waals surface area contributed by atoms with Crippen molar-refractivity contribution in [1.29, 1.82) is 0 Å². The van der Waals surface area contributed by atoms with Crippen molar-refractivity contribution in [3.63, 3.8) is 0 Å². The van der Waals surface area contributed by atoms with Crippen molar-refractivity contribution in [2.24, 2.45) is 0 Å². The number of benzene rings is 2. The number of nitrogens with one attached hydrogen (secondary N) is 1. The lowest BCUT2D eigenvalue weighted by atomic mass is 10.1. The molecule has 120 valence electrons. The summed E-state index contributed by atoms with van der Waals surface area (Å²) < 4.78 is 5.67. The fraction of sp³-hybridized carbons (Fsp3) is 0.211. The van der Waals surface area contributed by atoms with Gasteiger partial charge in [-0.3, -0.25) is 4.79 Å². The van der Waals surface area contributed by atoms with Crippen molar-refractivity contribution >= 4 is 29.3 Å². The van der Waals surface area contributed by atoms with E-state index in [9.17, 15) is 4.79 Å². The van der Waals surface area contributed by atoms with Gasteiger partial charge in [-0.05, 0) is 43.2 Å². The molecule has 0 aromatic heterocycles. The normalized spacial score (nSPS) is 10.7. The zero-order valence-electron chi connectivity index (χ0n) is 13.3. The van der Waals surface area contributed by atoms with Crippen molar-refractivity contribution < 1.29 is 9.53 Å². The van der Waals surface area contributed by atoms with Gasteiger partial charge in [-0.1, -0.05) is 42.8 Å². The molecule has 0 radical (unpaired) electrons. The summed E-state index contributed by atoms with van der Waals surface area (Å²) in [5.41, 5.74) is 2.43. The quantitative estimate of drug-likeness (QED) is 0.750. The summed E-state index contributed by atoms with van der Waals surface area (Å²) in [4.78, 5) is 12.1. The number of ether oxygens (including phenoxy) is 1. The van der Waals surface area contributed by atoms with E-state index >= 15 is 0 Å².